The molecule has 17 nitrogen and oxygen atoms in total. The van der Waals surface area contributed by atoms with Gasteiger partial charge in [-0.15, -0.1) is 11.3 Å². The molecule has 0 radical (unpaired) electrons. The van der Waals surface area contributed by atoms with E-state index in [-0.39, 0.29) is 76.2 Å². The molecular formula is C47H50ClN7O10S2. The van der Waals surface area contributed by atoms with Gasteiger partial charge in [-0.25, -0.2) is 22.8 Å². The zero-order valence-electron chi connectivity index (χ0n) is 36.9. The Hall–Kier alpha value is -6.02. The summed E-state index contributed by atoms with van der Waals surface area (Å²) in [6.07, 6.45) is 4.48. The number of fused-ring (bicyclic) bond motifs is 1. The Morgan fingerprint density at radius 1 is 0.940 bits per heavy atom. The molecular weight excluding hydrogens is 922 g/mol. The van der Waals surface area contributed by atoms with E-state index in [0.29, 0.717) is 78.0 Å². The molecule has 4 fully saturated rings. The van der Waals surface area contributed by atoms with Gasteiger partial charge >= 0.3 is 17.7 Å². The summed E-state index contributed by atoms with van der Waals surface area (Å²) >= 11 is 7.58. The van der Waals surface area contributed by atoms with Crippen LogP contribution >= 0.6 is 22.9 Å². The number of carbonyl (C=O) groups excluding carboxylic acids is 4. The highest BCUT2D eigenvalue weighted by molar-refractivity contribution is 7.88. The number of amides is 4. The molecule has 4 aliphatic rings. The molecule has 3 saturated heterocycles. The number of ether oxygens (including phenoxy) is 1. The molecule has 2 atom stereocenters. The van der Waals surface area contributed by atoms with Gasteiger partial charge < -0.3 is 25.4 Å². The van der Waals surface area contributed by atoms with Gasteiger partial charge in [0.05, 0.1) is 21.7 Å². The second kappa shape index (κ2) is 18.2. The predicted octanol–water partition coefficient (Wildman–Crippen LogP) is 6.72. The zero-order valence-corrected chi connectivity index (χ0v) is 39.3. The smallest absolute Gasteiger partial charge is 0.349 e. The first-order valence-corrected chi connectivity index (χ1v) is 25.1. The second-order valence-electron chi connectivity index (χ2n) is 18.0. The van der Waals surface area contributed by atoms with Gasteiger partial charge in [0.15, 0.2) is 16.4 Å². The molecule has 67 heavy (non-hydrogen) atoms. The minimum absolute atomic E-state index is 0.0192. The Labute approximate surface area is 395 Å². The fourth-order valence-electron chi connectivity index (χ4n) is 9.85. The number of carboxylic acids is 1. The highest BCUT2D eigenvalue weighted by atomic mass is 35.5. The van der Waals surface area contributed by atoms with Crippen LogP contribution in [0.2, 0.25) is 5.02 Å². The van der Waals surface area contributed by atoms with Crippen LogP contribution in [0.1, 0.15) is 91.0 Å². The summed E-state index contributed by atoms with van der Waals surface area (Å²) in [7, 11) is -2.06. The van der Waals surface area contributed by atoms with Crippen molar-refractivity contribution in [3.8, 4) is 16.2 Å². The van der Waals surface area contributed by atoms with Crippen LogP contribution < -0.4 is 26.4 Å². The van der Waals surface area contributed by atoms with Gasteiger partial charge in [-0.1, -0.05) is 41.9 Å². The van der Waals surface area contributed by atoms with Crippen LogP contribution in [0, 0.1) is 0 Å². The maximum atomic E-state index is 14.1. The molecule has 20 heteroatoms. The van der Waals surface area contributed by atoms with Gasteiger partial charge in [-0.05, 0) is 111 Å². The number of rotatable bonds is 13. The number of halogens is 1. The summed E-state index contributed by atoms with van der Waals surface area (Å²) in [5.41, 5.74) is 4.04. The average Bonchev–Trinajstić information content (AvgIpc) is 3.88. The Morgan fingerprint density at radius 2 is 1.69 bits per heavy atom. The molecule has 5 heterocycles. The van der Waals surface area contributed by atoms with Crippen molar-refractivity contribution < 1.29 is 42.2 Å². The van der Waals surface area contributed by atoms with Crippen LogP contribution in [0.15, 0.2) is 71.5 Å². The number of carbonyl (C=O) groups is 5. The van der Waals surface area contributed by atoms with Crippen molar-refractivity contribution in [2.45, 2.75) is 87.6 Å². The largest absolute Gasteiger partial charge is 0.482 e. The number of nitrogens with one attached hydrogen (secondary N) is 3. The van der Waals surface area contributed by atoms with Gasteiger partial charge in [0.1, 0.15) is 17.7 Å². The summed E-state index contributed by atoms with van der Waals surface area (Å²) in [5, 5.41) is 18.8. The highest BCUT2D eigenvalue weighted by Crippen LogP contribution is 2.51. The number of benzene rings is 3. The number of nitrogens with zero attached hydrogens (tertiary/aromatic N) is 4. The number of hydrogen-bond acceptors (Lipinski definition) is 11. The molecule has 1 saturated carbocycles. The van der Waals surface area contributed by atoms with Crippen molar-refractivity contribution >= 4 is 85.0 Å². The molecule has 1 unspecified atom stereocenters. The summed E-state index contributed by atoms with van der Waals surface area (Å²) in [6, 6.07) is 19.1. The highest BCUT2D eigenvalue weighted by Gasteiger charge is 2.55. The number of imidazole rings is 1. The van der Waals surface area contributed by atoms with Crippen molar-refractivity contribution in [1.29, 1.82) is 0 Å². The SMILES string of the molecule is CC(=O)COc1c(C(=O)O)sc(-c2cccc(N[C@@H]3CCN(S(=O)(=O)Cc4cccc(NC(=O)N5CCC(c6ccc7c(c6)n(C)c(=O)n7C6CCC(=O)NC6=O)CC5)c4)C4(CC4)C3)c2)c1Cl. The normalized spacial score (nSPS) is 19.9. The van der Waals surface area contributed by atoms with E-state index in [1.165, 1.54) is 16.1 Å². The van der Waals surface area contributed by atoms with Crippen LogP contribution in [0.25, 0.3) is 21.5 Å². The Balaban J connectivity index is 0.794. The van der Waals surface area contributed by atoms with Gasteiger partial charge in [0.2, 0.25) is 21.8 Å². The van der Waals surface area contributed by atoms with Crippen molar-refractivity contribution in [1.82, 2.24) is 23.7 Å². The lowest BCUT2D eigenvalue weighted by molar-refractivity contribution is -0.135. The first-order valence-electron chi connectivity index (χ1n) is 22.2. The standard InChI is InChI=1S/C47H50ClN7O10S2/c1-27(56)25-65-40-39(48)41(66-42(40)44(59)60)31-6-4-8-33(22-31)49-34-15-20-54(47(24-34)16-17-47)67(63,64)26-28-5-3-7-32(21-28)50-45(61)53-18-13-29(14-19-53)30-9-10-35-37(23-30)52(2)46(62)55(35)36-11-12-38(57)51-43(36)58/h3-10,21-23,29,34,36,49H,11-20,24-26H2,1-2H3,(H,50,61)(H,59,60)(H,51,57,58)/t34-,36?/m1/s1. The first kappa shape index (κ1) is 46.1. The van der Waals surface area contributed by atoms with E-state index in [0.717, 1.165) is 35.4 Å². The number of sulfonamides is 1. The van der Waals surface area contributed by atoms with Gasteiger partial charge in [0.25, 0.3) is 0 Å². The number of aromatic nitrogens is 2. The lowest BCUT2D eigenvalue weighted by Gasteiger charge is -2.39. The number of aromatic carboxylic acids is 1. The molecule has 2 aromatic heterocycles. The number of urea groups is 1. The van der Waals surface area contributed by atoms with E-state index >= 15 is 0 Å². The number of thiophene rings is 1. The van der Waals surface area contributed by atoms with E-state index in [1.807, 2.05) is 42.5 Å². The number of piperidine rings is 3. The monoisotopic (exact) mass is 971 g/mol. The van der Waals surface area contributed by atoms with E-state index in [4.69, 9.17) is 16.3 Å². The van der Waals surface area contributed by atoms with Crippen LogP contribution in [-0.2, 0) is 37.2 Å². The summed E-state index contributed by atoms with van der Waals surface area (Å²) in [5.74, 6) is -2.42. The van der Waals surface area contributed by atoms with Crippen LogP contribution in [0.3, 0.4) is 0 Å². The molecule has 3 aromatic carbocycles. The Morgan fingerprint density at radius 3 is 2.40 bits per heavy atom. The molecule has 0 bridgehead atoms. The Kier molecular flexibility index (Phi) is 12.5. The fraction of sp³-hybridized carbons (Fsp3) is 0.404. The lowest BCUT2D eigenvalue weighted by atomic mass is 9.89. The number of carboxylic acid groups (broad SMARTS) is 1. The van der Waals surface area contributed by atoms with Crippen molar-refractivity contribution in [3.05, 3.63) is 98.2 Å². The number of aryl methyl sites for hydroxylation is 1. The quantitative estimate of drug-likeness (QED) is 0.0909. The number of hydrogen-bond donors (Lipinski definition) is 4. The molecule has 1 aliphatic carbocycles. The number of anilines is 2. The van der Waals surface area contributed by atoms with Crippen molar-refractivity contribution in [3.63, 3.8) is 0 Å². The first-order chi connectivity index (χ1) is 32.0. The number of Topliss-reactive ketones (excluding diaryl/α,β-unsaturated/α-hetero) is 1. The molecule has 4 amide bonds. The van der Waals surface area contributed by atoms with Crippen LogP contribution in [-0.4, -0.2) is 99.3 Å². The van der Waals surface area contributed by atoms with E-state index in [2.05, 4.69) is 16.0 Å². The molecule has 352 valence electrons. The lowest BCUT2D eigenvalue weighted by Crippen LogP contribution is -2.51. The number of imide groups is 1. The number of likely N-dealkylation sites (tertiary alicyclic amines) is 1. The van der Waals surface area contributed by atoms with Crippen molar-refractivity contribution in [2.24, 2.45) is 7.05 Å². The van der Waals surface area contributed by atoms with E-state index in [1.54, 1.807) is 40.5 Å². The molecule has 1 spiro atoms. The van der Waals surface area contributed by atoms with Gasteiger partial charge in [0, 0.05) is 56.1 Å². The minimum atomic E-state index is -3.73. The summed E-state index contributed by atoms with van der Waals surface area (Å²) < 4.78 is 38.3. The summed E-state index contributed by atoms with van der Waals surface area (Å²) in [4.78, 5) is 76.8. The van der Waals surface area contributed by atoms with E-state index in [9.17, 15) is 42.3 Å². The molecule has 5 aromatic rings. The average molecular weight is 973 g/mol. The second-order valence-corrected chi connectivity index (χ2v) is 21.3. The van der Waals surface area contributed by atoms with Crippen molar-refractivity contribution in [2.75, 3.05) is 36.9 Å². The molecule has 3 aliphatic heterocycles. The van der Waals surface area contributed by atoms with Crippen LogP contribution in [0.4, 0.5) is 16.2 Å². The van der Waals surface area contributed by atoms with Gasteiger partial charge in [-0.2, -0.15) is 4.31 Å². The summed E-state index contributed by atoms with van der Waals surface area (Å²) in [6.45, 7) is 2.36. The topological polar surface area (TPSA) is 218 Å². The maximum absolute atomic E-state index is 14.1. The number of ketones is 1. The zero-order chi connectivity index (χ0) is 47.4. The Bertz CT molecular complexity index is 3010. The third-order valence-corrected chi connectivity index (χ3v) is 17.0. The maximum Gasteiger partial charge on any atom is 0.349 e. The molecule has 9 rings (SSSR count). The van der Waals surface area contributed by atoms with Crippen LogP contribution in [0.5, 0.6) is 5.75 Å². The van der Waals surface area contributed by atoms with Gasteiger partial charge in [-0.3, -0.25) is 28.8 Å². The van der Waals surface area contributed by atoms with E-state index < -0.39 is 33.5 Å². The minimum Gasteiger partial charge on any atom is -0.482 e. The third-order valence-electron chi connectivity index (χ3n) is 13.3. The molecule has 4 N–H and O–H groups in total. The third kappa shape index (κ3) is 9.33. The predicted molar refractivity (Wildman–Crippen MR) is 253 cm³/mol. The fourth-order valence-corrected chi connectivity index (χ4v) is 13.2.